The molecule has 0 spiro atoms. The van der Waals surface area contributed by atoms with Crippen LogP contribution >= 0.6 is 11.8 Å². The van der Waals surface area contributed by atoms with Crippen LogP contribution in [0.25, 0.3) is 0 Å². The second-order valence-corrected chi connectivity index (χ2v) is 18.3. The molecule has 9 nitrogen and oxygen atoms in total. The summed E-state index contributed by atoms with van der Waals surface area (Å²) in [7, 11) is 2.10. The number of nitrogens with zero attached hydrogens (tertiary/aromatic N) is 2. The third-order valence-electron chi connectivity index (χ3n) is 13.2. The second kappa shape index (κ2) is 30.0. The Labute approximate surface area is 390 Å². The molecular weight excluding hydrogens is 798 g/mol. The number of rotatable bonds is 35. The Kier molecular flexibility index (Phi) is 24.8. The van der Waals surface area contributed by atoms with Crippen molar-refractivity contribution in [3.63, 3.8) is 0 Å². The Hall–Kier alpha value is -3.37. The van der Waals surface area contributed by atoms with E-state index in [9.17, 15) is 0 Å². The van der Waals surface area contributed by atoms with E-state index in [-0.39, 0.29) is 0 Å². The van der Waals surface area contributed by atoms with Gasteiger partial charge in [-0.25, -0.2) is 0 Å². The number of anilines is 7. The van der Waals surface area contributed by atoms with Gasteiger partial charge in [-0.1, -0.05) is 174 Å². The molecule has 1 fully saturated rings. The minimum Gasteiger partial charge on any atom is -0.382 e. The summed E-state index contributed by atoms with van der Waals surface area (Å²) < 4.78 is 1.76. The number of halogens is 1. The maximum atomic E-state index is 7.86. The highest BCUT2D eigenvalue weighted by molar-refractivity contribution is 6.28. The van der Waals surface area contributed by atoms with Gasteiger partial charge in [-0.15, -0.1) is 0 Å². The Morgan fingerprint density at radius 1 is 0.635 bits per heavy atom. The molecule has 4 rings (SSSR count). The number of hydrogen-bond donors (Lipinski definition) is 7. The van der Waals surface area contributed by atoms with Crippen molar-refractivity contribution in [2.24, 2.45) is 5.92 Å². The minimum absolute atomic E-state index is 0.328. The topological polar surface area (TPSA) is 90.7 Å². The van der Waals surface area contributed by atoms with Gasteiger partial charge in [0.05, 0.1) is 34.0 Å². The molecule has 63 heavy (non-hydrogen) atoms. The third kappa shape index (κ3) is 15.9. The van der Waals surface area contributed by atoms with Crippen molar-refractivity contribution in [3.8, 4) is 0 Å². The fourth-order valence-corrected chi connectivity index (χ4v) is 9.68. The molecular formula is C53H90ClN9. The largest absolute Gasteiger partial charge is 0.382 e. The number of unbranched alkanes of at least 4 members (excludes halogenated alkanes) is 11. The molecule has 7 N–H and O–H groups in total. The zero-order valence-electron chi connectivity index (χ0n) is 40.9. The predicted molar refractivity (Wildman–Crippen MR) is 279 cm³/mol. The predicted octanol–water partition coefficient (Wildman–Crippen LogP) is 14.8. The van der Waals surface area contributed by atoms with Crippen molar-refractivity contribution in [1.29, 1.82) is 0 Å². The molecule has 354 valence electrons. The maximum absolute atomic E-state index is 7.86. The molecule has 2 atom stereocenters. The molecule has 10 heteroatoms. The molecule has 1 aliphatic carbocycles. The van der Waals surface area contributed by atoms with E-state index in [1.54, 1.807) is 4.53 Å². The highest BCUT2D eigenvalue weighted by atomic mass is 35.5. The van der Waals surface area contributed by atoms with Crippen molar-refractivity contribution in [1.82, 2.24) is 15.5 Å². The first kappa shape index (κ1) is 52.3. The van der Waals surface area contributed by atoms with E-state index in [0.717, 1.165) is 117 Å². The van der Waals surface area contributed by atoms with E-state index in [1.807, 2.05) is 6.07 Å². The second-order valence-electron chi connectivity index (χ2n) is 17.9. The number of para-hydroxylation sites is 2. The average Bonchev–Trinajstić information content (AvgIpc) is 3.83. The van der Waals surface area contributed by atoms with Gasteiger partial charge in [0.15, 0.2) is 5.79 Å². The van der Waals surface area contributed by atoms with Gasteiger partial charge in [-0.2, -0.15) is 4.53 Å². The molecule has 3 aromatic rings. The number of benzene rings is 3. The van der Waals surface area contributed by atoms with Crippen molar-refractivity contribution in [3.05, 3.63) is 66.2 Å². The first-order valence-electron chi connectivity index (χ1n) is 25.7. The summed E-state index contributed by atoms with van der Waals surface area (Å²) in [6.45, 7) is 18.0. The van der Waals surface area contributed by atoms with Gasteiger partial charge < -0.3 is 21.3 Å². The van der Waals surface area contributed by atoms with Gasteiger partial charge in [0.1, 0.15) is 5.69 Å². The van der Waals surface area contributed by atoms with E-state index in [0.29, 0.717) is 12.0 Å². The van der Waals surface area contributed by atoms with E-state index in [2.05, 4.69) is 145 Å². The van der Waals surface area contributed by atoms with Crippen LogP contribution in [0, 0.1) is 5.92 Å². The monoisotopic (exact) mass is 888 g/mol. The Balaban J connectivity index is 2.03. The maximum Gasteiger partial charge on any atom is 0.157 e. The van der Waals surface area contributed by atoms with Gasteiger partial charge in [0.2, 0.25) is 0 Å². The lowest BCUT2D eigenvalue weighted by Gasteiger charge is -2.47. The van der Waals surface area contributed by atoms with Crippen LogP contribution in [0.4, 0.5) is 39.8 Å². The standard InChI is InChI=1S/C53H90ClN9/c1-8-14-17-18-19-20-21-22-23-32-40-56-49-48(59-44-34-26-24-27-35-44)47(53(55-7,58-41-16-10-3)62(12-5)13-6)52(63(54)61-46-38-28-25-29-39-46)51(60-45-36-30-31-37-45)50(49)57-42-43(11-4)33-15-9-2/h24-29,34-35,38-39,43,45,55-61H,8-23,30-33,36-37,40-42H2,1-7H3. The molecule has 0 aromatic heterocycles. The highest BCUT2D eigenvalue weighted by Crippen LogP contribution is 2.54. The summed E-state index contributed by atoms with van der Waals surface area (Å²) in [5.74, 6) is -0.271. The van der Waals surface area contributed by atoms with Crippen LogP contribution in [0.3, 0.4) is 0 Å². The van der Waals surface area contributed by atoms with Gasteiger partial charge in [0.25, 0.3) is 0 Å². The molecule has 2 unspecified atom stereocenters. The summed E-state index contributed by atoms with van der Waals surface area (Å²) >= 11 is 7.86. The van der Waals surface area contributed by atoms with Crippen LogP contribution in [-0.2, 0) is 5.79 Å². The molecule has 0 aliphatic heterocycles. The van der Waals surface area contributed by atoms with Crippen molar-refractivity contribution < 1.29 is 0 Å². The first-order valence-corrected chi connectivity index (χ1v) is 26.0. The smallest absolute Gasteiger partial charge is 0.157 e. The summed E-state index contributed by atoms with van der Waals surface area (Å²) in [6.07, 6.45) is 24.7. The summed E-state index contributed by atoms with van der Waals surface area (Å²) in [5.41, 5.74) is 11.7. The SMILES string of the molecule is CCCCCCCCCCCCNc1c(NCC(CC)CCCC)c(NC2CCCC2)c(N(Cl)Nc2ccccc2)c(C(NC)(NCCCC)N(CC)CC)c1Nc1ccccc1. The molecule has 0 bridgehead atoms. The molecule has 0 radical (unpaired) electrons. The lowest BCUT2D eigenvalue weighted by atomic mass is 9.94. The highest BCUT2D eigenvalue weighted by Gasteiger charge is 2.44. The zero-order chi connectivity index (χ0) is 45.1. The lowest BCUT2D eigenvalue weighted by Crippen LogP contribution is -2.64. The zero-order valence-corrected chi connectivity index (χ0v) is 41.6. The van der Waals surface area contributed by atoms with Crippen molar-refractivity contribution >= 4 is 51.6 Å². The normalized spacial score (nSPS) is 14.4. The van der Waals surface area contributed by atoms with Gasteiger partial charge >= 0.3 is 0 Å². The van der Waals surface area contributed by atoms with Gasteiger partial charge in [-0.05, 0) is 89.0 Å². The Morgan fingerprint density at radius 3 is 1.78 bits per heavy atom. The van der Waals surface area contributed by atoms with E-state index in [4.69, 9.17) is 11.8 Å². The van der Waals surface area contributed by atoms with Gasteiger partial charge in [-0.3, -0.25) is 21.0 Å². The van der Waals surface area contributed by atoms with Crippen LogP contribution in [0.5, 0.6) is 0 Å². The molecule has 1 aliphatic rings. The number of nitrogens with one attached hydrogen (secondary N) is 7. The van der Waals surface area contributed by atoms with Crippen LogP contribution in [0.1, 0.15) is 176 Å². The van der Waals surface area contributed by atoms with Crippen LogP contribution in [0.2, 0.25) is 0 Å². The molecule has 3 aromatic carbocycles. The Bertz CT molecular complexity index is 1630. The third-order valence-corrected chi connectivity index (χ3v) is 13.5. The molecule has 1 saturated carbocycles. The minimum atomic E-state index is -0.818. The van der Waals surface area contributed by atoms with Gasteiger partial charge in [0, 0.05) is 36.6 Å². The molecule has 0 amide bonds. The fourth-order valence-electron chi connectivity index (χ4n) is 9.42. The molecule has 0 heterocycles. The summed E-state index contributed by atoms with van der Waals surface area (Å²) in [6, 6.07) is 21.3. The number of hydrazine groups is 1. The molecule has 0 saturated heterocycles. The first-order chi connectivity index (χ1) is 30.9. The average molecular weight is 889 g/mol. The van der Waals surface area contributed by atoms with E-state index < -0.39 is 5.79 Å². The van der Waals surface area contributed by atoms with Crippen LogP contribution in [0.15, 0.2) is 60.7 Å². The fraction of sp³-hybridized carbons (Fsp3) is 0.660. The van der Waals surface area contributed by atoms with Crippen molar-refractivity contribution in [2.75, 3.05) is 71.0 Å². The lowest BCUT2D eigenvalue weighted by molar-refractivity contribution is 0.0347. The summed E-state index contributed by atoms with van der Waals surface area (Å²) in [5, 5.41) is 24.7. The quantitative estimate of drug-likeness (QED) is 0.0135. The van der Waals surface area contributed by atoms with Crippen molar-refractivity contribution in [2.45, 2.75) is 182 Å². The summed E-state index contributed by atoms with van der Waals surface area (Å²) in [4.78, 5) is 2.52. The van der Waals surface area contributed by atoms with E-state index >= 15 is 0 Å². The van der Waals surface area contributed by atoms with Crippen LogP contribution in [-0.4, -0.2) is 50.7 Å². The number of hydrogen-bond acceptors (Lipinski definition) is 9. The van der Waals surface area contributed by atoms with E-state index in [1.165, 1.54) is 89.9 Å². The van der Waals surface area contributed by atoms with Crippen LogP contribution < -0.4 is 41.9 Å². The Morgan fingerprint density at radius 2 is 1.21 bits per heavy atom.